The van der Waals surface area contributed by atoms with Gasteiger partial charge in [-0.15, -0.1) is 11.7 Å². The number of thiol groups is 1. The Balaban J connectivity index is 3.01. The molecule has 0 saturated carbocycles. The van der Waals surface area contributed by atoms with E-state index in [2.05, 4.69) is 11.7 Å². The maximum Gasteiger partial charge on any atom is 0.129 e. The average molecular weight is 158 g/mol. The summed E-state index contributed by atoms with van der Waals surface area (Å²) >= 11 is 3.94. The second-order valence-corrected chi connectivity index (χ2v) is 2.73. The quantitative estimate of drug-likeness (QED) is 0.483. The van der Waals surface area contributed by atoms with E-state index in [1.54, 1.807) is 12.1 Å². The average Bonchev–Trinajstić information content (AvgIpc) is 1.89. The van der Waals surface area contributed by atoms with Crippen LogP contribution in [0.15, 0.2) is 29.2 Å². The smallest absolute Gasteiger partial charge is 0.129 e. The molecule has 0 heterocycles. The standard InChI is InChI=1S/C6H6OS2/c7-5-3-1-2-4-6(5)9-8/h1-4,7-8H. The fourth-order valence-corrected chi connectivity index (χ4v) is 1.30. The summed E-state index contributed by atoms with van der Waals surface area (Å²) in [4.78, 5) is 0.792. The Hall–Kier alpha value is -0.280. The van der Waals surface area contributed by atoms with Crippen molar-refractivity contribution in [3.8, 4) is 5.75 Å². The van der Waals surface area contributed by atoms with Crippen molar-refractivity contribution in [2.75, 3.05) is 0 Å². The van der Waals surface area contributed by atoms with Crippen molar-refractivity contribution in [2.24, 2.45) is 0 Å². The summed E-state index contributed by atoms with van der Waals surface area (Å²) in [5.74, 6) is 0.289. The predicted octanol–water partition coefficient (Wildman–Crippen LogP) is 2.33. The van der Waals surface area contributed by atoms with E-state index in [-0.39, 0.29) is 5.75 Å². The summed E-state index contributed by atoms with van der Waals surface area (Å²) in [6.45, 7) is 0. The number of benzene rings is 1. The maximum absolute atomic E-state index is 9.04. The highest BCUT2D eigenvalue weighted by Gasteiger charge is 1.94. The first-order valence-corrected chi connectivity index (χ1v) is 4.31. The maximum atomic E-state index is 9.04. The van der Waals surface area contributed by atoms with Crippen molar-refractivity contribution in [3.05, 3.63) is 24.3 Å². The Morgan fingerprint density at radius 1 is 1.33 bits per heavy atom. The molecule has 0 aliphatic rings. The molecular weight excluding hydrogens is 152 g/mol. The van der Waals surface area contributed by atoms with Gasteiger partial charge in [-0.05, 0) is 12.1 Å². The summed E-state index contributed by atoms with van der Waals surface area (Å²) in [5.41, 5.74) is 0. The van der Waals surface area contributed by atoms with Gasteiger partial charge >= 0.3 is 0 Å². The molecule has 0 radical (unpaired) electrons. The van der Waals surface area contributed by atoms with Gasteiger partial charge in [-0.3, -0.25) is 0 Å². The zero-order chi connectivity index (χ0) is 6.69. The van der Waals surface area contributed by atoms with Crippen LogP contribution in [-0.2, 0) is 0 Å². The van der Waals surface area contributed by atoms with Gasteiger partial charge in [0.2, 0.25) is 0 Å². The topological polar surface area (TPSA) is 20.2 Å². The van der Waals surface area contributed by atoms with E-state index in [1.165, 1.54) is 10.8 Å². The molecule has 0 aromatic heterocycles. The number of phenols is 1. The minimum Gasteiger partial charge on any atom is -0.507 e. The third-order valence-electron chi connectivity index (χ3n) is 0.964. The van der Waals surface area contributed by atoms with Gasteiger partial charge in [-0.2, -0.15) is 0 Å². The van der Waals surface area contributed by atoms with Crippen LogP contribution in [0.2, 0.25) is 0 Å². The second-order valence-electron chi connectivity index (χ2n) is 1.56. The highest BCUT2D eigenvalue weighted by molar-refractivity contribution is 8.68. The van der Waals surface area contributed by atoms with E-state index in [4.69, 9.17) is 5.11 Å². The minimum absolute atomic E-state index is 0.289. The van der Waals surface area contributed by atoms with Crippen molar-refractivity contribution >= 4 is 22.5 Å². The number of para-hydroxylation sites is 1. The molecule has 0 fully saturated rings. The number of hydrogen-bond donors (Lipinski definition) is 2. The molecule has 0 spiro atoms. The predicted molar refractivity (Wildman–Crippen MR) is 42.9 cm³/mol. The third-order valence-corrected chi connectivity index (χ3v) is 2.10. The molecule has 0 aliphatic heterocycles. The first-order valence-electron chi connectivity index (χ1n) is 2.44. The molecule has 0 amide bonds. The zero-order valence-electron chi connectivity index (χ0n) is 4.61. The fraction of sp³-hybridized carbons (Fsp3) is 0. The Labute approximate surface area is 62.9 Å². The molecule has 9 heavy (non-hydrogen) atoms. The van der Waals surface area contributed by atoms with Crippen LogP contribution < -0.4 is 0 Å². The molecule has 0 atom stereocenters. The van der Waals surface area contributed by atoms with Gasteiger partial charge in [0.1, 0.15) is 5.75 Å². The van der Waals surface area contributed by atoms with E-state index in [1.807, 2.05) is 12.1 Å². The third kappa shape index (κ3) is 1.56. The number of aromatic hydroxyl groups is 1. The van der Waals surface area contributed by atoms with Gasteiger partial charge in [-0.25, -0.2) is 0 Å². The zero-order valence-corrected chi connectivity index (χ0v) is 6.32. The molecule has 1 aromatic carbocycles. The van der Waals surface area contributed by atoms with E-state index in [9.17, 15) is 0 Å². The molecule has 3 heteroatoms. The first kappa shape index (κ1) is 6.83. The van der Waals surface area contributed by atoms with E-state index < -0.39 is 0 Å². The molecule has 1 aromatic rings. The van der Waals surface area contributed by atoms with E-state index in [0.717, 1.165) is 4.90 Å². The molecule has 1 nitrogen and oxygen atoms in total. The second kappa shape index (κ2) is 3.03. The lowest BCUT2D eigenvalue weighted by Crippen LogP contribution is -1.66. The van der Waals surface area contributed by atoms with Crippen LogP contribution in [0.4, 0.5) is 0 Å². The van der Waals surface area contributed by atoms with Crippen LogP contribution >= 0.6 is 22.5 Å². The van der Waals surface area contributed by atoms with Crippen LogP contribution in [0.5, 0.6) is 5.75 Å². The van der Waals surface area contributed by atoms with Crippen LogP contribution in [0.1, 0.15) is 0 Å². The Morgan fingerprint density at radius 2 is 2.00 bits per heavy atom. The summed E-state index contributed by atoms with van der Waals surface area (Å²) in [7, 11) is 1.24. The molecule has 1 N–H and O–H groups in total. The Morgan fingerprint density at radius 3 is 2.44 bits per heavy atom. The molecule has 0 unspecified atom stereocenters. The van der Waals surface area contributed by atoms with Crippen molar-refractivity contribution in [2.45, 2.75) is 4.90 Å². The van der Waals surface area contributed by atoms with Gasteiger partial charge in [0.05, 0.1) is 4.90 Å². The largest absolute Gasteiger partial charge is 0.507 e. The van der Waals surface area contributed by atoms with E-state index >= 15 is 0 Å². The Bertz CT molecular complexity index is 200. The van der Waals surface area contributed by atoms with Gasteiger partial charge < -0.3 is 5.11 Å². The van der Waals surface area contributed by atoms with Crippen LogP contribution in [0.3, 0.4) is 0 Å². The van der Waals surface area contributed by atoms with Crippen molar-refractivity contribution < 1.29 is 5.11 Å². The SMILES string of the molecule is Oc1ccccc1SS. The van der Waals surface area contributed by atoms with Gasteiger partial charge in [0, 0.05) is 0 Å². The van der Waals surface area contributed by atoms with Gasteiger partial charge in [-0.1, -0.05) is 22.9 Å². The van der Waals surface area contributed by atoms with Crippen molar-refractivity contribution in [1.29, 1.82) is 0 Å². The summed E-state index contributed by atoms with van der Waals surface area (Å²) < 4.78 is 0. The number of phenolic OH excluding ortho intramolecular Hbond substituents is 1. The normalized spacial score (nSPS) is 9.44. The van der Waals surface area contributed by atoms with Crippen LogP contribution in [0.25, 0.3) is 0 Å². The lowest BCUT2D eigenvalue weighted by atomic mass is 10.3. The molecule has 0 saturated heterocycles. The number of rotatable bonds is 1. The molecule has 0 bridgehead atoms. The Kier molecular flexibility index (Phi) is 2.30. The van der Waals surface area contributed by atoms with Crippen molar-refractivity contribution in [3.63, 3.8) is 0 Å². The summed E-state index contributed by atoms with van der Waals surface area (Å²) in [6.07, 6.45) is 0. The summed E-state index contributed by atoms with van der Waals surface area (Å²) in [6, 6.07) is 7.09. The highest BCUT2D eigenvalue weighted by Crippen LogP contribution is 2.29. The van der Waals surface area contributed by atoms with Crippen LogP contribution in [-0.4, -0.2) is 5.11 Å². The lowest BCUT2D eigenvalue weighted by molar-refractivity contribution is 0.462. The molecule has 1 rings (SSSR count). The number of hydrogen-bond acceptors (Lipinski definition) is 3. The minimum atomic E-state index is 0.289. The monoisotopic (exact) mass is 158 g/mol. The van der Waals surface area contributed by atoms with Gasteiger partial charge in [0.25, 0.3) is 0 Å². The van der Waals surface area contributed by atoms with Gasteiger partial charge in [0.15, 0.2) is 0 Å². The lowest BCUT2D eigenvalue weighted by Gasteiger charge is -1.95. The first-order chi connectivity index (χ1) is 4.34. The van der Waals surface area contributed by atoms with Crippen molar-refractivity contribution in [1.82, 2.24) is 0 Å². The molecule has 0 aliphatic carbocycles. The fourth-order valence-electron chi connectivity index (χ4n) is 0.534. The highest BCUT2D eigenvalue weighted by atomic mass is 33.1. The van der Waals surface area contributed by atoms with E-state index in [0.29, 0.717) is 0 Å². The van der Waals surface area contributed by atoms with Crippen LogP contribution in [0, 0.1) is 0 Å². The molecule has 48 valence electrons. The summed E-state index contributed by atoms with van der Waals surface area (Å²) in [5, 5.41) is 9.04. The molecular formula is C6H6OS2.